The molecule has 2 heterocycles. The second-order valence-electron chi connectivity index (χ2n) is 4.48. The average molecular weight is 190 g/mol. The van der Waals surface area contributed by atoms with Gasteiger partial charge in [0.05, 0.1) is 11.1 Å². The molecule has 0 atom stereocenters. The lowest BCUT2D eigenvalue weighted by Crippen LogP contribution is -2.12. The fourth-order valence-electron chi connectivity index (χ4n) is 1.61. The maximum absolute atomic E-state index is 5.84. The third-order valence-electron chi connectivity index (χ3n) is 2.31. The normalized spacial score (nSPS) is 12.2. The SMILES string of the molecule is CC(C)(C)c1ccnc2occ(N)c12. The number of furan rings is 1. The number of hydrogen-bond donors (Lipinski definition) is 1. The van der Waals surface area contributed by atoms with Crippen LogP contribution in [0.2, 0.25) is 0 Å². The van der Waals surface area contributed by atoms with E-state index >= 15 is 0 Å². The maximum Gasteiger partial charge on any atom is 0.228 e. The first kappa shape index (κ1) is 9.06. The molecule has 0 amide bonds. The van der Waals surface area contributed by atoms with E-state index in [0.717, 1.165) is 5.39 Å². The number of nitrogen functional groups attached to an aromatic ring is 1. The minimum atomic E-state index is 0.0547. The number of nitrogens with two attached hydrogens (primary N) is 1. The molecule has 0 aliphatic rings. The first-order chi connectivity index (χ1) is 6.50. The van der Waals surface area contributed by atoms with Crippen LogP contribution in [0.1, 0.15) is 26.3 Å². The number of hydrogen-bond acceptors (Lipinski definition) is 3. The Morgan fingerprint density at radius 3 is 2.71 bits per heavy atom. The minimum absolute atomic E-state index is 0.0547. The highest BCUT2D eigenvalue weighted by molar-refractivity contribution is 5.90. The van der Waals surface area contributed by atoms with E-state index in [1.54, 1.807) is 12.5 Å². The molecule has 74 valence electrons. The van der Waals surface area contributed by atoms with Crippen LogP contribution >= 0.6 is 0 Å². The quantitative estimate of drug-likeness (QED) is 0.694. The maximum atomic E-state index is 5.84. The Balaban J connectivity index is 2.82. The first-order valence-electron chi connectivity index (χ1n) is 4.62. The molecule has 3 nitrogen and oxygen atoms in total. The fourth-order valence-corrected chi connectivity index (χ4v) is 1.61. The molecule has 2 aromatic heterocycles. The van der Waals surface area contributed by atoms with Crippen LogP contribution in [0.4, 0.5) is 5.69 Å². The van der Waals surface area contributed by atoms with Gasteiger partial charge in [-0.05, 0) is 17.0 Å². The fraction of sp³-hybridized carbons (Fsp3) is 0.364. The monoisotopic (exact) mass is 190 g/mol. The lowest BCUT2D eigenvalue weighted by Gasteiger charge is -2.19. The van der Waals surface area contributed by atoms with Crippen LogP contribution in [0.25, 0.3) is 11.1 Å². The number of nitrogens with zero attached hydrogens (tertiary/aromatic N) is 1. The van der Waals surface area contributed by atoms with Gasteiger partial charge in [-0.25, -0.2) is 4.98 Å². The number of rotatable bonds is 0. The highest BCUT2D eigenvalue weighted by Gasteiger charge is 2.20. The molecule has 0 aliphatic carbocycles. The summed E-state index contributed by atoms with van der Waals surface area (Å²) in [5, 5.41) is 0.944. The van der Waals surface area contributed by atoms with Gasteiger partial charge in [-0.15, -0.1) is 0 Å². The van der Waals surface area contributed by atoms with E-state index in [1.165, 1.54) is 5.56 Å². The van der Waals surface area contributed by atoms with Crippen LogP contribution < -0.4 is 5.73 Å². The molecule has 0 aromatic carbocycles. The van der Waals surface area contributed by atoms with Crippen molar-refractivity contribution in [3.8, 4) is 0 Å². The molecule has 14 heavy (non-hydrogen) atoms. The largest absolute Gasteiger partial charge is 0.444 e. The van der Waals surface area contributed by atoms with Crippen molar-refractivity contribution in [1.82, 2.24) is 4.98 Å². The highest BCUT2D eigenvalue weighted by atomic mass is 16.3. The Labute approximate surface area is 82.9 Å². The van der Waals surface area contributed by atoms with E-state index in [2.05, 4.69) is 25.8 Å². The third-order valence-corrected chi connectivity index (χ3v) is 2.31. The summed E-state index contributed by atoms with van der Waals surface area (Å²) in [6, 6.07) is 1.99. The van der Waals surface area contributed by atoms with Gasteiger partial charge in [0.25, 0.3) is 0 Å². The summed E-state index contributed by atoms with van der Waals surface area (Å²) in [7, 11) is 0. The predicted molar refractivity (Wildman–Crippen MR) is 57.1 cm³/mol. The summed E-state index contributed by atoms with van der Waals surface area (Å²) in [5.41, 5.74) is 8.35. The summed E-state index contributed by atoms with van der Waals surface area (Å²) >= 11 is 0. The summed E-state index contributed by atoms with van der Waals surface area (Å²) in [4.78, 5) is 4.13. The van der Waals surface area contributed by atoms with Crippen LogP contribution in [0.3, 0.4) is 0 Å². The third kappa shape index (κ3) is 1.25. The lowest BCUT2D eigenvalue weighted by molar-refractivity contribution is 0.587. The van der Waals surface area contributed by atoms with E-state index in [9.17, 15) is 0 Å². The van der Waals surface area contributed by atoms with Gasteiger partial charge in [0.1, 0.15) is 6.26 Å². The van der Waals surface area contributed by atoms with Gasteiger partial charge >= 0.3 is 0 Å². The number of fused-ring (bicyclic) bond motifs is 1. The van der Waals surface area contributed by atoms with Crippen LogP contribution in [-0.4, -0.2) is 4.98 Å². The van der Waals surface area contributed by atoms with Crippen LogP contribution in [-0.2, 0) is 5.41 Å². The van der Waals surface area contributed by atoms with Crippen LogP contribution in [0, 0.1) is 0 Å². The van der Waals surface area contributed by atoms with Crippen LogP contribution in [0.5, 0.6) is 0 Å². The summed E-state index contributed by atoms with van der Waals surface area (Å²) in [6.07, 6.45) is 3.30. The molecule has 0 aliphatic heterocycles. The Morgan fingerprint density at radius 1 is 1.36 bits per heavy atom. The smallest absolute Gasteiger partial charge is 0.228 e. The second-order valence-corrected chi connectivity index (χ2v) is 4.48. The second kappa shape index (κ2) is 2.74. The molecular formula is C11H14N2O. The van der Waals surface area contributed by atoms with E-state index in [-0.39, 0.29) is 5.41 Å². The molecular weight excluding hydrogens is 176 g/mol. The van der Waals surface area contributed by atoms with E-state index < -0.39 is 0 Å². The topological polar surface area (TPSA) is 52.0 Å². The van der Waals surface area contributed by atoms with Crippen molar-refractivity contribution in [3.63, 3.8) is 0 Å². The summed E-state index contributed by atoms with van der Waals surface area (Å²) < 4.78 is 5.25. The Hall–Kier alpha value is -1.51. The molecule has 0 bridgehead atoms. The van der Waals surface area contributed by atoms with Crippen molar-refractivity contribution in [3.05, 3.63) is 24.1 Å². The minimum Gasteiger partial charge on any atom is -0.444 e. The molecule has 0 saturated heterocycles. The van der Waals surface area contributed by atoms with Gasteiger partial charge < -0.3 is 10.2 Å². The first-order valence-corrected chi connectivity index (χ1v) is 4.62. The molecule has 0 saturated carbocycles. The standard InChI is InChI=1S/C11H14N2O/c1-11(2,3)7-4-5-13-10-9(7)8(12)6-14-10/h4-6H,12H2,1-3H3. The highest BCUT2D eigenvalue weighted by Crippen LogP contribution is 2.33. The average Bonchev–Trinajstić information content (AvgIpc) is 2.46. The van der Waals surface area contributed by atoms with Gasteiger partial charge in [-0.2, -0.15) is 0 Å². The Kier molecular flexibility index (Phi) is 1.77. The predicted octanol–water partition coefficient (Wildman–Crippen LogP) is 2.71. The van der Waals surface area contributed by atoms with E-state index in [0.29, 0.717) is 11.4 Å². The van der Waals surface area contributed by atoms with Crippen molar-refractivity contribution >= 4 is 16.8 Å². The molecule has 3 heteroatoms. The molecule has 2 aromatic rings. The Morgan fingerprint density at radius 2 is 2.07 bits per heavy atom. The summed E-state index contributed by atoms with van der Waals surface area (Å²) in [6.45, 7) is 6.44. The van der Waals surface area contributed by atoms with Crippen molar-refractivity contribution in [1.29, 1.82) is 0 Å². The van der Waals surface area contributed by atoms with E-state index in [4.69, 9.17) is 10.2 Å². The Bertz CT molecular complexity index is 466. The number of aromatic nitrogens is 1. The molecule has 2 N–H and O–H groups in total. The zero-order valence-corrected chi connectivity index (χ0v) is 8.66. The van der Waals surface area contributed by atoms with Gasteiger partial charge in [0.2, 0.25) is 5.71 Å². The number of pyridine rings is 1. The molecule has 0 unspecified atom stereocenters. The van der Waals surface area contributed by atoms with Crippen molar-refractivity contribution < 1.29 is 4.42 Å². The van der Waals surface area contributed by atoms with Gasteiger partial charge in [-0.1, -0.05) is 20.8 Å². The number of anilines is 1. The van der Waals surface area contributed by atoms with Crippen molar-refractivity contribution in [2.75, 3.05) is 5.73 Å². The zero-order valence-electron chi connectivity index (χ0n) is 8.66. The zero-order chi connectivity index (χ0) is 10.3. The van der Waals surface area contributed by atoms with Gasteiger partial charge in [0.15, 0.2) is 0 Å². The van der Waals surface area contributed by atoms with Crippen molar-refractivity contribution in [2.45, 2.75) is 26.2 Å². The molecule has 0 radical (unpaired) electrons. The van der Waals surface area contributed by atoms with Crippen LogP contribution in [0.15, 0.2) is 22.9 Å². The summed E-state index contributed by atoms with van der Waals surface area (Å²) in [5.74, 6) is 0. The molecule has 0 fully saturated rings. The van der Waals surface area contributed by atoms with Gasteiger partial charge in [-0.3, -0.25) is 0 Å². The molecule has 2 rings (SSSR count). The molecule has 0 spiro atoms. The lowest BCUT2D eigenvalue weighted by atomic mass is 9.85. The van der Waals surface area contributed by atoms with Crippen molar-refractivity contribution in [2.24, 2.45) is 0 Å². The van der Waals surface area contributed by atoms with Gasteiger partial charge in [0, 0.05) is 6.20 Å². The van der Waals surface area contributed by atoms with E-state index in [1.807, 2.05) is 6.07 Å².